The SMILES string of the molecule is CN(C)C1C[C@H](CCO)C1(C)C. The summed E-state index contributed by atoms with van der Waals surface area (Å²) in [4.78, 5) is 2.30. The van der Waals surface area contributed by atoms with Crippen molar-refractivity contribution in [3.05, 3.63) is 0 Å². The van der Waals surface area contributed by atoms with E-state index in [0.717, 1.165) is 12.3 Å². The van der Waals surface area contributed by atoms with Gasteiger partial charge >= 0.3 is 0 Å². The van der Waals surface area contributed by atoms with Crippen molar-refractivity contribution in [2.24, 2.45) is 11.3 Å². The largest absolute Gasteiger partial charge is 0.396 e. The second-order valence-corrected chi connectivity index (χ2v) is 4.75. The summed E-state index contributed by atoms with van der Waals surface area (Å²) in [5.74, 6) is 0.717. The van der Waals surface area contributed by atoms with E-state index in [9.17, 15) is 0 Å². The van der Waals surface area contributed by atoms with Crippen LogP contribution in [0.4, 0.5) is 0 Å². The molecular weight excluding hydrogens is 150 g/mol. The smallest absolute Gasteiger partial charge is 0.0433 e. The summed E-state index contributed by atoms with van der Waals surface area (Å²) in [6, 6.07) is 0.703. The Hall–Kier alpha value is -0.0800. The fourth-order valence-corrected chi connectivity index (χ4v) is 2.51. The van der Waals surface area contributed by atoms with Crippen molar-refractivity contribution in [2.75, 3.05) is 20.7 Å². The lowest BCUT2D eigenvalue weighted by Gasteiger charge is -2.55. The number of aliphatic hydroxyl groups is 1. The Labute approximate surface area is 75.6 Å². The topological polar surface area (TPSA) is 23.5 Å². The summed E-state index contributed by atoms with van der Waals surface area (Å²) in [6.45, 7) is 4.96. The summed E-state index contributed by atoms with van der Waals surface area (Å²) in [5, 5.41) is 8.85. The Kier molecular flexibility index (Phi) is 2.79. The second kappa shape index (κ2) is 3.35. The van der Waals surface area contributed by atoms with E-state index in [1.54, 1.807) is 0 Å². The molecule has 0 bridgehead atoms. The molecular formula is C10H21NO. The molecule has 1 rings (SSSR count). The molecule has 72 valence electrons. The van der Waals surface area contributed by atoms with E-state index in [1.165, 1.54) is 6.42 Å². The maximum Gasteiger partial charge on any atom is 0.0433 e. The lowest BCUT2D eigenvalue weighted by molar-refractivity contribution is -0.0520. The molecule has 1 aliphatic carbocycles. The third-order valence-corrected chi connectivity index (χ3v) is 3.52. The molecule has 1 N–H and O–H groups in total. The zero-order valence-electron chi connectivity index (χ0n) is 8.67. The molecule has 2 atom stereocenters. The quantitative estimate of drug-likeness (QED) is 0.693. The predicted molar refractivity (Wildman–Crippen MR) is 51.1 cm³/mol. The molecule has 0 spiro atoms. The van der Waals surface area contributed by atoms with Crippen LogP contribution in [-0.4, -0.2) is 36.8 Å². The van der Waals surface area contributed by atoms with Gasteiger partial charge in [-0.05, 0) is 38.3 Å². The van der Waals surface area contributed by atoms with Crippen molar-refractivity contribution >= 4 is 0 Å². The van der Waals surface area contributed by atoms with Crippen LogP contribution in [0.15, 0.2) is 0 Å². The van der Waals surface area contributed by atoms with Crippen LogP contribution in [0.25, 0.3) is 0 Å². The van der Waals surface area contributed by atoms with E-state index in [4.69, 9.17) is 5.11 Å². The van der Waals surface area contributed by atoms with Gasteiger partial charge in [-0.15, -0.1) is 0 Å². The molecule has 0 aromatic rings. The average molecular weight is 171 g/mol. The van der Waals surface area contributed by atoms with Crippen LogP contribution in [0.2, 0.25) is 0 Å². The minimum Gasteiger partial charge on any atom is -0.396 e. The van der Waals surface area contributed by atoms with Crippen molar-refractivity contribution in [3.63, 3.8) is 0 Å². The van der Waals surface area contributed by atoms with Gasteiger partial charge in [0.05, 0.1) is 0 Å². The number of hydrogen-bond donors (Lipinski definition) is 1. The summed E-state index contributed by atoms with van der Waals surface area (Å²) in [6.07, 6.45) is 2.22. The summed E-state index contributed by atoms with van der Waals surface area (Å²) < 4.78 is 0. The lowest BCUT2D eigenvalue weighted by atomic mass is 9.57. The number of aliphatic hydroxyl groups excluding tert-OH is 1. The molecule has 0 aromatic carbocycles. The van der Waals surface area contributed by atoms with E-state index < -0.39 is 0 Å². The van der Waals surface area contributed by atoms with E-state index in [2.05, 4.69) is 32.8 Å². The molecule has 1 aliphatic rings. The molecule has 1 fully saturated rings. The van der Waals surface area contributed by atoms with Gasteiger partial charge in [-0.3, -0.25) is 0 Å². The monoisotopic (exact) mass is 171 g/mol. The number of hydrogen-bond acceptors (Lipinski definition) is 2. The maximum absolute atomic E-state index is 8.85. The Morgan fingerprint density at radius 3 is 2.33 bits per heavy atom. The fraction of sp³-hybridized carbons (Fsp3) is 1.00. The van der Waals surface area contributed by atoms with Gasteiger partial charge in [-0.25, -0.2) is 0 Å². The van der Waals surface area contributed by atoms with Crippen molar-refractivity contribution in [3.8, 4) is 0 Å². The summed E-state index contributed by atoms with van der Waals surface area (Å²) >= 11 is 0. The van der Waals surface area contributed by atoms with E-state index in [1.807, 2.05) is 0 Å². The van der Waals surface area contributed by atoms with Gasteiger partial charge in [0, 0.05) is 12.6 Å². The first kappa shape index (κ1) is 10.0. The van der Waals surface area contributed by atoms with Crippen molar-refractivity contribution in [1.29, 1.82) is 0 Å². The van der Waals surface area contributed by atoms with Crippen LogP contribution in [0.3, 0.4) is 0 Å². The van der Waals surface area contributed by atoms with Crippen LogP contribution in [0, 0.1) is 11.3 Å². The van der Waals surface area contributed by atoms with Crippen LogP contribution >= 0.6 is 0 Å². The minimum absolute atomic E-state index is 0.342. The number of rotatable bonds is 3. The molecule has 0 saturated heterocycles. The molecule has 0 amide bonds. The Morgan fingerprint density at radius 2 is 2.00 bits per heavy atom. The Morgan fingerprint density at radius 1 is 1.42 bits per heavy atom. The Balaban J connectivity index is 2.48. The highest BCUT2D eigenvalue weighted by molar-refractivity contribution is 5.00. The third kappa shape index (κ3) is 1.50. The average Bonchev–Trinajstić information content (AvgIpc) is 1.96. The molecule has 0 aliphatic heterocycles. The molecule has 1 unspecified atom stereocenters. The van der Waals surface area contributed by atoms with Gasteiger partial charge in [0.1, 0.15) is 0 Å². The summed E-state index contributed by atoms with van der Waals surface area (Å²) in [7, 11) is 4.28. The first-order valence-electron chi connectivity index (χ1n) is 4.77. The maximum atomic E-state index is 8.85. The molecule has 2 heteroatoms. The molecule has 2 nitrogen and oxygen atoms in total. The molecule has 0 radical (unpaired) electrons. The van der Waals surface area contributed by atoms with Crippen molar-refractivity contribution in [2.45, 2.75) is 32.7 Å². The van der Waals surface area contributed by atoms with E-state index in [-0.39, 0.29) is 0 Å². The molecule has 1 saturated carbocycles. The lowest BCUT2D eigenvalue weighted by Crippen LogP contribution is -2.56. The van der Waals surface area contributed by atoms with Gasteiger partial charge in [0.15, 0.2) is 0 Å². The van der Waals surface area contributed by atoms with Crippen LogP contribution < -0.4 is 0 Å². The second-order valence-electron chi connectivity index (χ2n) is 4.75. The van der Waals surface area contributed by atoms with E-state index in [0.29, 0.717) is 18.1 Å². The van der Waals surface area contributed by atoms with Gasteiger partial charge in [-0.1, -0.05) is 13.8 Å². The molecule has 0 aromatic heterocycles. The van der Waals surface area contributed by atoms with Gasteiger partial charge in [0.25, 0.3) is 0 Å². The van der Waals surface area contributed by atoms with Gasteiger partial charge in [-0.2, -0.15) is 0 Å². The standard InChI is InChI=1S/C10H21NO/c1-10(2)8(5-6-12)7-9(10)11(3)4/h8-9,12H,5-7H2,1-4H3/t8-,9?/m0/s1. The van der Waals surface area contributed by atoms with E-state index >= 15 is 0 Å². The highest BCUT2D eigenvalue weighted by Gasteiger charge is 2.48. The predicted octanol–water partition coefficient (Wildman–Crippen LogP) is 1.35. The van der Waals surface area contributed by atoms with Crippen LogP contribution in [0.1, 0.15) is 26.7 Å². The van der Waals surface area contributed by atoms with Crippen molar-refractivity contribution < 1.29 is 5.11 Å². The third-order valence-electron chi connectivity index (χ3n) is 3.52. The zero-order chi connectivity index (χ0) is 9.35. The zero-order valence-corrected chi connectivity index (χ0v) is 8.67. The normalized spacial score (nSPS) is 33.5. The van der Waals surface area contributed by atoms with Crippen molar-refractivity contribution in [1.82, 2.24) is 4.90 Å². The molecule has 0 heterocycles. The first-order valence-corrected chi connectivity index (χ1v) is 4.77. The number of nitrogens with zero attached hydrogens (tertiary/aromatic N) is 1. The molecule has 12 heavy (non-hydrogen) atoms. The van der Waals surface area contributed by atoms with Gasteiger partial charge < -0.3 is 10.0 Å². The van der Waals surface area contributed by atoms with Crippen LogP contribution in [-0.2, 0) is 0 Å². The fourth-order valence-electron chi connectivity index (χ4n) is 2.51. The highest BCUT2D eigenvalue weighted by atomic mass is 16.3. The van der Waals surface area contributed by atoms with Crippen LogP contribution in [0.5, 0.6) is 0 Å². The Bertz CT molecular complexity index is 154. The van der Waals surface area contributed by atoms with Gasteiger partial charge in [0.2, 0.25) is 0 Å². The first-order chi connectivity index (χ1) is 5.50. The minimum atomic E-state index is 0.342. The summed E-state index contributed by atoms with van der Waals surface area (Å²) in [5.41, 5.74) is 0.395. The highest BCUT2D eigenvalue weighted by Crippen LogP contribution is 2.49.